The summed E-state index contributed by atoms with van der Waals surface area (Å²) >= 11 is 6.71. The summed E-state index contributed by atoms with van der Waals surface area (Å²) in [7, 11) is 1.61. The van der Waals surface area contributed by atoms with Crippen LogP contribution in [0.1, 0.15) is 31.2 Å². The molecule has 7 heteroatoms. The molecule has 1 saturated heterocycles. The highest BCUT2D eigenvalue weighted by Crippen LogP contribution is 2.31. The fourth-order valence-electron chi connectivity index (χ4n) is 3.15. The van der Waals surface area contributed by atoms with Gasteiger partial charge in [-0.15, -0.1) is 0 Å². The van der Waals surface area contributed by atoms with Gasteiger partial charge in [-0.3, -0.25) is 14.5 Å². The molecule has 2 aromatic carbocycles. The molecule has 1 aliphatic heterocycles. The number of hydrogen-bond donors (Lipinski definition) is 1. The number of carbonyl (C=O) groups is 2. The van der Waals surface area contributed by atoms with E-state index in [1.807, 2.05) is 72.8 Å². The van der Waals surface area contributed by atoms with Crippen LogP contribution in [-0.2, 0) is 9.59 Å². The van der Waals surface area contributed by atoms with Crippen LogP contribution < -0.4 is 10.1 Å². The van der Waals surface area contributed by atoms with Crippen LogP contribution in [0.2, 0.25) is 0 Å². The summed E-state index contributed by atoms with van der Waals surface area (Å²) in [6, 6.07) is 17.2. The predicted octanol–water partition coefficient (Wildman–Crippen LogP) is 5.65. The SMILES string of the molecule is COc1ccc(NC(=O)CCCCCN2C(=O)/C(=C/C=C/c3ccccc3)SC2=S)cc1. The Morgan fingerprint density at radius 3 is 2.56 bits per heavy atom. The molecule has 0 spiro atoms. The van der Waals surface area contributed by atoms with E-state index in [2.05, 4.69) is 5.32 Å². The van der Waals surface area contributed by atoms with E-state index in [-0.39, 0.29) is 11.8 Å². The molecule has 0 aromatic heterocycles. The van der Waals surface area contributed by atoms with E-state index in [4.69, 9.17) is 17.0 Å². The van der Waals surface area contributed by atoms with Crippen molar-refractivity contribution in [1.29, 1.82) is 0 Å². The maximum atomic E-state index is 12.6. The Morgan fingerprint density at radius 1 is 1.09 bits per heavy atom. The van der Waals surface area contributed by atoms with Crippen molar-refractivity contribution in [2.24, 2.45) is 0 Å². The number of amides is 2. The lowest BCUT2D eigenvalue weighted by atomic mass is 10.1. The molecule has 2 aromatic rings. The highest BCUT2D eigenvalue weighted by molar-refractivity contribution is 8.26. The molecule has 2 amide bonds. The third kappa shape index (κ3) is 7.07. The molecule has 166 valence electrons. The number of rotatable bonds is 10. The second-order valence-electron chi connectivity index (χ2n) is 7.21. The first-order chi connectivity index (χ1) is 15.6. The van der Waals surface area contributed by atoms with Gasteiger partial charge in [-0.1, -0.05) is 72.9 Å². The van der Waals surface area contributed by atoms with Crippen LogP contribution in [-0.4, -0.2) is 34.7 Å². The van der Waals surface area contributed by atoms with Crippen LogP contribution in [0.3, 0.4) is 0 Å². The molecule has 1 fully saturated rings. The maximum absolute atomic E-state index is 12.6. The number of thiocarbonyl (C=S) groups is 1. The van der Waals surface area contributed by atoms with Crippen LogP contribution in [0.4, 0.5) is 5.69 Å². The molecule has 0 saturated carbocycles. The van der Waals surface area contributed by atoms with Crippen molar-refractivity contribution in [3.8, 4) is 5.75 Å². The molecule has 5 nitrogen and oxygen atoms in total. The third-order valence-electron chi connectivity index (χ3n) is 4.87. The molecule has 0 bridgehead atoms. The van der Waals surface area contributed by atoms with Crippen molar-refractivity contribution < 1.29 is 14.3 Å². The molecule has 1 N–H and O–H groups in total. The van der Waals surface area contributed by atoms with Gasteiger partial charge in [0, 0.05) is 18.7 Å². The van der Waals surface area contributed by atoms with E-state index in [9.17, 15) is 9.59 Å². The number of carbonyl (C=O) groups excluding carboxylic acids is 2. The lowest BCUT2D eigenvalue weighted by Crippen LogP contribution is -2.29. The number of ether oxygens (including phenoxy) is 1. The zero-order chi connectivity index (χ0) is 22.8. The number of hydrogen-bond acceptors (Lipinski definition) is 5. The quantitative estimate of drug-likeness (QED) is 0.278. The number of nitrogens with zero attached hydrogens (tertiary/aromatic N) is 1. The average molecular weight is 467 g/mol. The molecule has 0 atom stereocenters. The Morgan fingerprint density at radius 2 is 1.84 bits per heavy atom. The molecule has 1 aliphatic rings. The summed E-state index contributed by atoms with van der Waals surface area (Å²) in [5, 5.41) is 2.88. The monoisotopic (exact) mass is 466 g/mol. The Kier molecular flexibility index (Phi) is 9.07. The van der Waals surface area contributed by atoms with E-state index in [1.54, 1.807) is 12.0 Å². The third-order valence-corrected chi connectivity index (χ3v) is 6.26. The first kappa shape index (κ1) is 23.8. The van der Waals surface area contributed by atoms with Gasteiger partial charge in [0.25, 0.3) is 5.91 Å². The van der Waals surface area contributed by atoms with Gasteiger partial charge < -0.3 is 10.1 Å². The molecule has 0 unspecified atom stereocenters. The van der Waals surface area contributed by atoms with Crippen LogP contribution >= 0.6 is 24.0 Å². The Balaban J connectivity index is 1.37. The fourth-order valence-corrected chi connectivity index (χ4v) is 4.41. The Hall–Kier alpha value is -2.90. The fraction of sp³-hybridized carbons (Fsp3) is 0.240. The van der Waals surface area contributed by atoms with Gasteiger partial charge in [-0.05, 0) is 48.7 Å². The van der Waals surface area contributed by atoms with E-state index in [1.165, 1.54) is 11.8 Å². The zero-order valence-corrected chi connectivity index (χ0v) is 19.6. The van der Waals surface area contributed by atoms with E-state index in [0.29, 0.717) is 22.2 Å². The number of methoxy groups -OCH3 is 1. The number of allylic oxidation sites excluding steroid dienone is 2. The van der Waals surface area contributed by atoms with E-state index < -0.39 is 0 Å². The van der Waals surface area contributed by atoms with Gasteiger partial charge in [0.05, 0.1) is 12.0 Å². The lowest BCUT2D eigenvalue weighted by Gasteiger charge is -2.14. The van der Waals surface area contributed by atoms with E-state index >= 15 is 0 Å². The summed E-state index contributed by atoms with van der Waals surface area (Å²) in [6.45, 7) is 0.574. The first-order valence-corrected chi connectivity index (χ1v) is 11.7. The molecular formula is C25H26N2O3S2. The average Bonchev–Trinajstić information content (AvgIpc) is 3.07. The number of anilines is 1. The van der Waals surface area contributed by atoms with Crippen molar-refractivity contribution in [2.75, 3.05) is 19.0 Å². The summed E-state index contributed by atoms with van der Waals surface area (Å²) in [4.78, 5) is 27.0. The minimum Gasteiger partial charge on any atom is -0.497 e. The summed E-state index contributed by atoms with van der Waals surface area (Å²) in [5.74, 6) is 0.685. The Labute approximate surface area is 198 Å². The van der Waals surface area contributed by atoms with Crippen LogP contribution in [0.25, 0.3) is 6.08 Å². The van der Waals surface area contributed by atoms with Crippen LogP contribution in [0.15, 0.2) is 71.7 Å². The van der Waals surface area contributed by atoms with Crippen molar-refractivity contribution >= 4 is 51.9 Å². The second kappa shape index (κ2) is 12.2. The number of nitrogens with one attached hydrogen (secondary N) is 1. The number of thioether (sulfide) groups is 1. The standard InChI is InChI=1S/C25H26N2O3S2/c1-30-21-16-14-20(15-17-21)26-23(28)13-6-3-7-18-27-24(29)22(32-25(27)31)12-8-11-19-9-4-2-5-10-19/h2,4-5,8-12,14-17H,3,6-7,13,18H2,1H3,(H,26,28)/b11-8+,22-12-. The predicted molar refractivity (Wildman–Crippen MR) is 136 cm³/mol. The minimum atomic E-state index is -0.0463. The lowest BCUT2D eigenvalue weighted by molar-refractivity contribution is -0.122. The highest BCUT2D eigenvalue weighted by Gasteiger charge is 2.30. The molecule has 0 radical (unpaired) electrons. The van der Waals surface area contributed by atoms with Gasteiger partial charge in [0.15, 0.2) is 0 Å². The molecule has 1 heterocycles. The normalized spacial score (nSPS) is 15.0. The topological polar surface area (TPSA) is 58.6 Å². The minimum absolute atomic E-state index is 0.0195. The smallest absolute Gasteiger partial charge is 0.266 e. The van der Waals surface area contributed by atoms with Gasteiger partial charge in [-0.2, -0.15) is 0 Å². The van der Waals surface area contributed by atoms with Crippen LogP contribution in [0, 0.1) is 0 Å². The Bertz CT molecular complexity index is 1000. The molecule has 0 aliphatic carbocycles. The van der Waals surface area contributed by atoms with Gasteiger partial charge in [-0.25, -0.2) is 0 Å². The number of unbranched alkanes of at least 4 members (excludes halogenated alkanes) is 2. The number of benzene rings is 2. The van der Waals surface area contributed by atoms with Gasteiger partial charge in [0.1, 0.15) is 10.1 Å². The molecule has 3 rings (SSSR count). The molecule has 32 heavy (non-hydrogen) atoms. The largest absolute Gasteiger partial charge is 0.497 e. The first-order valence-electron chi connectivity index (χ1n) is 10.5. The maximum Gasteiger partial charge on any atom is 0.266 e. The van der Waals surface area contributed by atoms with E-state index in [0.717, 1.165) is 36.3 Å². The van der Waals surface area contributed by atoms with Crippen molar-refractivity contribution in [3.63, 3.8) is 0 Å². The zero-order valence-electron chi connectivity index (χ0n) is 18.0. The molecular weight excluding hydrogens is 440 g/mol. The second-order valence-corrected chi connectivity index (χ2v) is 8.89. The van der Waals surface area contributed by atoms with Gasteiger partial charge in [0.2, 0.25) is 5.91 Å². The van der Waals surface area contributed by atoms with Crippen LogP contribution in [0.5, 0.6) is 5.75 Å². The van der Waals surface area contributed by atoms with Crippen molar-refractivity contribution in [1.82, 2.24) is 4.90 Å². The highest BCUT2D eigenvalue weighted by atomic mass is 32.2. The van der Waals surface area contributed by atoms with Crippen molar-refractivity contribution in [2.45, 2.75) is 25.7 Å². The van der Waals surface area contributed by atoms with Crippen molar-refractivity contribution in [3.05, 3.63) is 77.2 Å². The summed E-state index contributed by atoms with van der Waals surface area (Å²) in [5.41, 5.74) is 1.83. The summed E-state index contributed by atoms with van der Waals surface area (Å²) < 4.78 is 5.70. The van der Waals surface area contributed by atoms with Gasteiger partial charge >= 0.3 is 0 Å². The summed E-state index contributed by atoms with van der Waals surface area (Å²) in [6.07, 6.45) is 8.50.